The Morgan fingerprint density at radius 2 is 1.70 bits per heavy atom. The number of carbonyl (C=O) groups is 3. The number of nitrogens with zero attached hydrogens (tertiary/aromatic N) is 1. The second-order valence-corrected chi connectivity index (χ2v) is 7.79. The normalized spacial score (nSPS) is 15.1. The van der Waals surface area contributed by atoms with Gasteiger partial charge in [0.25, 0.3) is 0 Å². The average Bonchev–Trinajstić information content (AvgIpc) is 2.74. The number of morpholine rings is 1. The summed E-state index contributed by atoms with van der Waals surface area (Å²) in [6.07, 6.45) is 0.632. The van der Waals surface area contributed by atoms with Crippen molar-refractivity contribution in [3.63, 3.8) is 0 Å². The fraction of sp³-hybridized carbons (Fsp3) is 0.550. The molecule has 7 N–H and O–H groups in total. The third kappa shape index (κ3) is 11.6. The van der Waals surface area contributed by atoms with Crippen molar-refractivity contribution in [3.8, 4) is 5.75 Å². The number of nitrogens with one attached hydrogen (secondary N) is 1. The lowest BCUT2D eigenvalue weighted by Gasteiger charge is -2.28. The van der Waals surface area contributed by atoms with Crippen molar-refractivity contribution < 1.29 is 44.0 Å². The molecule has 0 bridgehead atoms. The highest BCUT2D eigenvalue weighted by atomic mass is 16.5. The van der Waals surface area contributed by atoms with Crippen molar-refractivity contribution >= 4 is 25.3 Å². The van der Waals surface area contributed by atoms with E-state index in [2.05, 4.69) is 5.32 Å². The molecule has 2 rings (SSSR count). The first-order valence-corrected chi connectivity index (χ1v) is 10.5. The van der Waals surface area contributed by atoms with Gasteiger partial charge in [0.05, 0.1) is 13.2 Å². The first-order chi connectivity index (χ1) is 15.5. The first-order valence-electron chi connectivity index (χ1n) is 10.5. The van der Waals surface area contributed by atoms with Crippen LogP contribution in [-0.2, 0) is 20.7 Å². The molecule has 0 radical (unpaired) electrons. The van der Waals surface area contributed by atoms with Gasteiger partial charge in [-0.25, -0.2) is 14.4 Å². The number of hydrogen-bond acceptors (Lipinski definition) is 9. The van der Waals surface area contributed by atoms with Gasteiger partial charge in [-0.05, 0) is 30.0 Å². The summed E-state index contributed by atoms with van der Waals surface area (Å²) in [4.78, 5) is 37.3. The number of benzene rings is 1. The Morgan fingerprint density at radius 1 is 1.15 bits per heavy atom. The van der Waals surface area contributed by atoms with E-state index in [0.29, 0.717) is 44.0 Å². The second kappa shape index (κ2) is 14.4. The fourth-order valence-electron chi connectivity index (χ4n) is 2.93. The molecule has 2 amide bonds. The Kier molecular flexibility index (Phi) is 12.4. The first kappa shape index (κ1) is 28.3. The van der Waals surface area contributed by atoms with Crippen molar-refractivity contribution in [2.75, 3.05) is 26.3 Å². The minimum Gasteiger partial charge on any atom is -0.480 e. The molecule has 2 atom stereocenters. The molecule has 0 aliphatic carbocycles. The predicted molar refractivity (Wildman–Crippen MR) is 118 cm³/mol. The SMILES string of the molecule is CC(C)C[C@H](N)C(=O)Oc1ccc(C[C@H](NC(=O)N2CCOCC2)C(=O)O)cc1.OB(O)O. The van der Waals surface area contributed by atoms with Crippen LogP contribution in [0.25, 0.3) is 0 Å². The number of nitrogens with two attached hydrogens (primary N) is 1. The molecule has 0 unspecified atom stereocenters. The molecule has 1 heterocycles. The van der Waals surface area contributed by atoms with Gasteiger partial charge in [0.2, 0.25) is 0 Å². The number of ether oxygens (including phenoxy) is 2. The summed E-state index contributed by atoms with van der Waals surface area (Å²) in [5.41, 5.74) is 6.50. The van der Waals surface area contributed by atoms with E-state index in [1.165, 1.54) is 4.90 Å². The number of esters is 1. The number of amides is 2. The van der Waals surface area contributed by atoms with Crippen molar-refractivity contribution in [2.24, 2.45) is 11.7 Å². The van der Waals surface area contributed by atoms with E-state index in [1.807, 2.05) is 13.8 Å². The van der Waals surface area contributed by atoms with Crippen molar-refractivity contribution in [1.82, 2.24) is 10.2 Å². The van der Waals surface area contributed by atoms with Gasteiger partial charge in [-0.3, -0.25) is 0 Å². The maximum atomic E-state index is 12.2. The predicted octanol–water partition coefficient (Wildman–Crippen LogP) is -1.05. The van der Waals surface area contributed by atoms with Crippen LogP contribution in [0.2, 0.25) is 0 Å². The van der Waals surface area contributed by atoms with Crippen LogP contribution in [0.3, 0.4) is 0 Å². The van der Waals surface area contributed by atoms with E-state index in [9.17, 15) is 19.5 Å². The van der Waals surface area contributed by atoms with E-state index in [1.54, 1.807) is 24.3 Å². The molecule has 1 aromatic rings. The summed E-state index contributed by atoms with van der Waals surface area (Å²) in [5, 5.41) is 33.5. The van der Waals surface area contributed by atoms with E-state index in [-0.39, 0.29) is 12.3 Å². The van der Waals surface area contributed by atoms with E-state index in [0.717, 1.165) is 0 Å². The number of rotatable bonds is 8. The van der Waals surface area contributed by atoms with E-state index >= 15 is 0 Å². The molecule has 1 aliphatic heterocycles. The molecule has 33 heavy (non-hydrogen) atoms. The van der Waals surface area contributed by atoms with Gasteiger partial charge in [-0.1, -0.05) is 26.0 Å². The van der Waals surface area contributed by atoms with Gasteiger partial charge in [0.1, 0.15) is 17.8 Å². The van der Waals surface area contributed by atoms with Gasteiger partial charge < -0.3 is 45.6 Å². The number of carboxylic acid groups (broad SMARTS) is 1. The Labute approximate surface area is 192 Å². The summed E-state index contributed by atoms with van der Waals surface area (Å²) in [6.45, 7) is 5.67. The number of aliphatic carboxylic acids is 1. The van der Waals surface area contributed by atoms with Gasteiger partial charge >= 0.3 is 25.3 Å². The number of carboxylic acids is 1. The lowest BCUT2D eigenvalue weighted by atomic mass is 10.0. The van der Waals surface area contributed by atoms with Crippen LogP contribution in [0.5, 0.6) is 5.75 Å². The van der Waals surface area contributed by atoms with Crippen LogP contribution in [-0.4, -0.2) is 88.8 Å². The number of carbonyl (C=O) groups excluding carboxylic acids is 2. The quantitative estimate of drug-likeness (QED) is 0.156. The fourth-order valence-corrected chi connectivity index (χ4v) is 2.93. The zero-order valence-corrected chi connectivity index (χ0v) is 18.7. The van der Waals surface area contributed by atoms with E-state index in [4.69, 9.17) is 30.3 Å². The monoisotopic (exact) mass is 469 g/mol. The van der Waals surface area contributed by atoms with E-state index < -0.39 is 37.4 Å². The van der Waals surface area contributed by atoms with Crippen LogP contribution >= 0.6 is 0 Å². The van der Waals surface area contributed by atoms with Gasteiger partial charge in [-0.2, -0.15) is 0 Å². The second-order valence-electron chi connectivity index (χ2n) is 7.79. The van der Waals surface area contributed by atoms with Gasteiger partial charge in [0, 0.05) is 19.5 Å². The third-order valence-corrected chi connectivity index (χ3v) is 4.50. The Bertz CT molecular complexity index is 753. The van der Waals surface area contributed by atoms with Crippen LogP contribution in [0.4, 0.5) is 4.79 Å². The number of urea groups is 1. The summed E-state index contributed by atoms with van der Waals surface area (Å²) in [6, 6.07) is 4.29. The Balaban J connectivity index is 0.00000125. The van der Waals surface area contributed by atoms with Crippen LogP contribution in [0, 0.1) is 5.92 Å². The molecule has 0 spiro atoms. The molecular formula is C20H32BN3O9. The minimum atomic E-state index is -2.17. The van der Waals surface area contributed by atoms with Crippen molar-refractivity contribution in [1.29, 1.82) is 0 Å². The van der Waals surface area contributed by atoms with Gasteiger partial charge in [-0.15, -0.1) is 0 Å². The zero-order chi connectivity index (χ0) is 25.0. The van der Waals surface area contributed by atoms with Crippen LogP contribution < -0.4 is 15.8 Å². The third-order valence-electron chi connectivity index (χ3n) is 4.50. The number of hydrogen-bond donors (Lipinski definition) is 6. The summed E-state index contributed by atoms with van der Waals surface area (Å²) < 4.78 is 10.4. The molecule has 0 saturated carbocycles. The summed E-state index contributed by atoms with van der Waals surface area (Å²) in [7, 11) is -2.17. The molecule has 1 saturated heterocycles. The molecule has 12 nitrogen and oxygen atoms in total. The average molecular weight is 469 g/mol. The standard InChI is InChI=1S/C20H29N3O6.BH3O3/c1-13(2)11-16(21)19(26)29-15-5-3-14(4-6-15)12-17(18(24)25)22-20(27)23-7-9-28-10-8-23;2-1(3)4/h3-6,13,16-17H,7-12,21H2,1-2H3,(H,22,27)(H,24,25);2-4H/t16-,17-;/m0./s1. The van der Waals surface area contributed by atoms with Crippen molar-refractivity contribution in [2.45, 2.75) is 38.8 Å². The smallest absolute Gasteiger partial charge is 0.480 e. The molecule has 1 fully saturated rings. The van der Waals surface area contributed by atoms with Crippen LogP contribution in [0.1, 0.15) is 25.8 Å². The summed E-state index contributed by atoms with van der Waals surface area (Å²) in [5.74, 6) is -1.02. The maximum Gasteiger partial charge on any atom is 0.631 e. The molecule has 13 heteroatoms. The summed E-state index contributed by atoms with van der Waals surface area (Å²) >= 11 is 0. The Hall–Kier alpha value is -2.71. The lowest BCUT2D eigenvalue weighted by molar-refractivity contribution is -0.139. The largest absolute Gasteiger partial charge is 0.631 e. The highest BCUT2D eigenvalue weighted by Crippen LogP contribution is 2.15. The topological polar surface area (TPSA) is 192 Å². The minimum absolute atomic E-state index is 0.104. The molecule has 184 valence electrons. The van der Waals surface area contributed by atoms with Crippen LogP contribution in [0.15, 0.2) is 24.3 Å². The molecular weight excluding hydrogens is 437 g/mol. The molecule has 1 aromatic carbocycles. The molecule has 1 aliphatic rings. The van der Waals surface area contributed by atoms with Crippen molar-refractivity contribution in [3.05, 3.63) is 29.8 Å². The zero-order valence-electron chi connectivity index (χ0n) is 18.7. The molecule has 0 aromatic heterocycles. The maximum absolute atomic E-state index is 12.2. The highest BCUT2D eigenvalue weighted by Gasteiger charge is 2.25. The Morgan fingerprint density at radius 3 is 2.18 bits per heavy atom. The lowest BCUT2D eigenvalue weighted by Crippen LogP contribution is -2.51. The van der Waals surface area contributed by atoms with Gasteiger partial charge in [0.15, 0.2) is 0 Å². The highest BCUT2D eigenvalue weighted by molar-refractivity contribution is 6.30.